The van der Waals surface area contributed by atoms with Crippen LogP contribution in [0.4, 0.5) is 4.79 Å². The molecule has 8 heteroatoms. The van der Waals surface area contributed by atoms with Crippen LogP contribution in [-0.2, 0) is 9.59 Å². The lowest BCUT2D eigenvalue weighted by Crippen LogP contribution is -2.51. The smallest absolute Gasteiger partial charge is 0.321 e. The highest BCUT2D eigenvalue weighted by atomic mass is 16.4. The number of rotatable bonds is 7. The molecule has 0 aliphatic carbocycles. The number of hydrogen-bond donors (Lipinski definition) is 3. The van der Waals surface area contributed by atoms with Gasteiger partial charge in [-0.2, -0.15) is 0 Å². The van der Waals surface area contributed by atoms with Gasteiger partial charge in [0.15, 0.2) is 0 Å². The van der Waals surface area contributed by atoms with Crippen LogP contribution in [0.15, 0.2) is 12.7 Å². The van der Waals surface area contributed by atoms with E-state index >= 15 is 0 Å². The van der Waals surface area contributed by atoms with Crippen molar-refractivity contribution >= 4 is 17.9 Å². The second-order valence-electron chi connectivity index (χ2n) is 4.81. The van der Waals surface area contributed by atoms with Crippen molar-refractivity contribution in [2.45, 2.75) is 6.42 Å². The van der Waals surface area contributed by atoms with Gasteiger partial charge in [0.2, 0.25) is 5.91 Å². The predicted octanol–water partition coefficient (Wildman–Crippen LogP) is -0.909. The molecule has 0 aromatic heterocycles. The molecule has 118 valence electrons. The van der Waals surface area contributed by atoms with Crippen LogP contribution in [0.2, 0.25) is 0 Å². The third kappa shape index (κ3) is 7.42. The van der Waals surface area contributed by atoms with Crippen LogP contribution in [0.25, 0.3) is 0 Å². The molecule has 0 bridgehead atoms. The van der Waals surface area contributed by atoms with Gasteiger partial charge in [0.05, 0.1) is 13.0 Å². The lowest BCUT2D eigenvalue weighted by molar-refractivity contribution is -0.137. The molecule has 0 unspecified atom stereocenters. The molecule has 8 nitrogen and oxygen atoms in total. The number of carbonyl (C=O) groups is 3. The molecule has 3 N–H and O–H groups in total. The van der Waals surface area contributed by atoms with Gasteiger partial charge in [-0.15, -0.1) is 6.58 Å². The SMILES string of the molecule is C=CCNC(=O)NC(=O)CN1CCN(CCC(=O)O)CC1. The Labute approximate surface area is 123 Å². The molecule has 0 aromatic carbocycles. The minimum absolute atomic E-state index is 0.129. The largest absolute Gasteiger partial charge is 0.481 e. The number of carbonyl (C=O) groups excluding carboxylic acids is 2. The normalized spacial score (nSPS) is 16.2. The van der Waals surface area contributed by atoms with Gasteiger partial charge in [0.25, 0.3) is 0 Å². The Balaban J connectivity index is 2.19. The molecule has 1 fully saturated rings. The van der Waals surface area contributed by atoms with Crippen molar-refractivity contribution in [1.29, 1.82) is 0 Å². The first-order chi connectivity index (χ1) is 10.0. The van der Waals surface area contributed by atoms with Crippen LogP contribution >= 0.6 is 0 Å². The molecule has 0 spiro atoms. The Morgan fingerprint density at radius 2 is 1.76 bits per heavy atom. The first kappa shape index (κ1) is 17.1. The minimum Gasteiger partial charge on any atom is -0.481 e. The van der Waals surface area contributed by atoms with Gasteiger partial charge in [-0.1, -0.05) is 6.08 Å². The lowest BCUT2D eigenvalue weighted by atomic mass is 10.3. The zero-order valence-corrected chi connectivity index (χ0v) is 12.0. The molecule has 1 saturated heterocycles. The van der Waals surface area contributed by atoms with Crippen LogP contribution in [0, 0.1) is 0 Å². The van der Waals surface area contributed by atoms with Crippen molar-refractivity contribution in [2.75, 3.05) is 45.8 Å². The number of carboxylic acid groups (broad SMARTS) is 1. The summed E-state index contributed by atoms with van der Waals surface area (Å²) in [6, 6.07) is -0.528. The van der Waals surface area contributed by atoms with E-state index in [4.69, 9.17) is 5.11 Å². The molecule has 0 aromatic rings. The average Bonchev–Trinajstić information content (AvgIpc) is 2.44. The predicted molar refractivity (Wildman–Crippen MR) is 76.9 cm³/mol. The molecule has 0 radical (unpaired) electrons. The Kier molecular flexibility index (Phi) is 7.41. The third-order valence-electron chi connectivity index (χ3n) is 3.13. The Morgan fingerprint density at radius 3 is 2.33 bits per heavy atom. The Bertz CT molecular complexity index is 392. The number of nitrogens with zero attached hydrogens (tertiary/aromatic N) is 2. The standard InChI is InChI=1S/C13H22N4O4/c1-2-4-14-13(21)15-11(18)10-17-8-6-16(7-9-17)5-3-12(19)20/h2H,1,3-10H2,(H,19,20)(H2,14,15,18,21). The van der Waals surface area contributed by atoms with E-state index in [1.165, 1.54) is 6.08 Å². The highest BCUT2D eigenvalue weighted by Crippen LogP contribution is 2.02. The van der Waals surface area contributed by atoms with Gasteiger partial charge in [0, 0.05) is 39.3 Å². The van der Waals surface area contributed by atoms with E-state index in [9.17, 15) is 14.4 Å². The summed E-state index contributed by atoms with van der Waals surface area (Å²) in [7, 11) is 0. The summed E-state index contributed by atoms with van der Waals surface area (Å²) in [6.07, 6.45) is 1.66. The number of amides is 3. The number of nitrogens with one attached hydrogen (secondary N) is 2. The molecular weight excluding hydrogens is 276 g/mol. The van der Waals surface area contributed by atoms with Gasteiger partial charge in [-0.05, 0) is 0 Å². The summed E-state index contributed by atoms with van der Waals surface area (Å²) < 4.78 is 0. The van der Waals surface area contributed by atoms with Crippen molar-refractivity contribution in [3.8, 4) is 0 Å². The van der Waals surface area contributed by atoms with Gasteiger partial charge < -0.3 is 15.3 Å². The van der Waals surface area contributed by atoms with Gasteiger partial charge in [0.1, 0.15) is 0 Å². The molecular formula is C13H22N4O4. The molecule has 1 aliphatic rings. The van der Waals surface area contributed by atoms with Crippen LogP contribution in [0.1, 0.15) is 6.42 Å². The number of aliphatic carboxylic acids is 1. The quantitative estimate of drug-likeness (QED) is 0.526. The van der Waals surface area contributed by atoms with Gasteiger partial charge in [-0.25, -0.2) is 4.79 Å². The van der Waals surface area contributed by atoms with Crippen LogP contribution in [-0.4, -0.2) is 78.6 Å². The molecule has 0 atom stereocenters. The maximum atomic E-state index is 11.7. The fourth-order valence-electron chi connectivity index (χ4n) is 2.00. The van der Waals surface area contributed by atoms with Gasteiger partial charge in [-0.3, -0.25) is 19.8 Å². The maximum absolute atomic E-state index is 11.7. The number of piperazine rings is 1. The molecule has 21 heavy (non-hydrogen) atoms. The number of hydrogen-bond acceptors (Lipinski definition) is 5. The van der Waals surface area contributed by atoms with E-state index in [2.05, 4.69) is 22.1 Å². The van der Waals surface area contributed by atoms with E-state index in [1.54, 1.807) is 0 Å². The number of imide groups is 1. The summed E-state index contributed by atoms with van der Waals surface area (Å²) >= 11 is 0. The third-order valence-corrected chi connectivity index (χ3v) is 3.13. The Morgan fingerprint density at radius 1 is 1.14 bits per heavy atom. The number of urea groups is 1. The van der Waals surface area contributed by atoms with Crippen LogP contribution < -0.4 is 10.6 Å². The van der Waals surface area contributed by atoms with Crippen molar-refractivity contribution < 1.29 is 19.5 Å². The average molecular weight is 298 g/mol. The van der Waals surface area contributed by atoms with E-state index in [-0.39, 0.29) is 18.9 Å². The highest BCUT2D eigenvalue weighted by Gasteiger charge is 2.19. The van der Waals surface area contributed by atoms with E-state index in [0.717, 1.165) is 13.1 Å². The lowest BCUT2D eigenvalue weighted by Gasteiger charge is -2.33. The van der Waals surface area contributed by atoms with Crippen molar-refractivity contribution in [3.05, 3.63) is 12.7 Å². The molecule has 1 aliphatic heterocycles. The summed E-state index contributed by atoms with van der Waals surface area (Å²) in [5.74, 6) is -1.15. The van der Waals surface area contributed by atoms with Crippen molar-refractivity contribution in [3.63, 3.8) is 0 Å². The van der Waals surface area contributed by atoms with Crippen LogP contribution in [0.3, 0.4) is 0 Å². The highest BCUT2D eigenvalue weighted by molar-refractivity contribution is 5.95. The maximum Gasteiger partial charge on any atom is 0.321 e. The van der Waals surface area contributed by atoms with Crippen molar-refractivity contribution in [1.82, 2.24) is 20.4 Å². The zero-order chi connectivity index (χ0) is 15.7. The zero-order valence-electron chi connectivity index (χ0n) is 12.0. The first-order valence-corrected chi connectivity index (χ1v) is 6.86. The fraction of sp³-hybridized carbons (Fsp3) is 0.615. The van der Waals surface area contributed by atoms with E-state index < -0.39 is 12.0 Å². The fourth-order valence-corrected chi connectivity index (χ4v) is 2.00. The Hall–Kier alpha value is -1.93. The van der Waals surface area contributed by atoms with Gasteiger partial charge >= 0.3 is 12.0 Å². The summed E-state index contributed by atoms with van der Waals surface area (Å²) in [5, 5.41) is 13.3. The van der Waals surface area contributed by atoms with E-state index in [1.807, 2.05) is 4.90 Å². The summed E-state index contributed by atoms with van der Waals surface area (Å²) in [4.78, 5) is 37.4. The summed E-state index contributed by atoms with van der Waals surface area (Å²) in [5.41, 5.74) is 0. The second-order valence-corrected chi connectivity index (χ2v) is 4.81. The minimum atomic E-state index is -0.803. The number of carboxylic acids is 1. The topological polar surface area (TPSA) is 102 Å². The van der Waals surface area contributed by atoms with E-state index in [0.29, 0.717) is 26.2 Å². The molecule has 0 saturated carbocycles. The van der Waals surface area contributed by atoms with Crippen LogP contribution in [0.5, 0.6) is 0 Å². The molecule has 1 heterocycles. The second kappa shape index (κ2) is 9.09. The first-order valence-electron chi connectivity index (χ1n) is 6.86. The molecule has 3 amide bonds. The molecule has 1 rings (SSSR count). The summed E-state index contributed by atoms with van der Waals surface area (Å²) in [6.45, 7) is 7.27. The van der Waals surface area contributed by atoms with Crippen molar-refractivity contribution in [2.24, 2.45) is 0 Å². The monoisotopic (exact) mass is 298 g/mol.